The third kappa shape index (κ3) is 15.1. The molecule has 0 bridgehead atoms. The number of anilines is 2. The highest BCUT2D eigenvalue weighted by molar-refractivity contribution is 8.00. The number of methoxy groups -OCH3 is 2. The molecule has 8 rings (SSSR count). The molecule has 502 valence electrons. The van der Waals surface area contributed by atoms with E-state index in [1.165, 1.54) is 56.5 Å². The number of ketones is 2. The number of hydrogen-bond acceptors (Lipinski definition) is 25. The Morgan fingerprint density at radius 1 is 0.862 bits per heavy atom. The molecular weight excluding hydrogens is 1260 g/mol. The van der Waals surface area contributed by atoms with Crippen LogP contribution < -0.4 is 54.7 Å². The van der Waals surface area contributed by atoms with Crippen LogP contribution in [0.15, 0.2) is 57.9 Å². The normalized spacial score (nSPS) is 20.7. The molecule has 4 aliphatic heterocycles. The zero-order valence-corrected chi connectivity index (χ0v) is 51.3. The minimum atomic E-state index is -1.98. The number of Topliss-reactive ketones (excluding diaryl/α,β-unsaturated/α-hetero) is 2. The Morgan fingerprint density at radius 3 is 2.20 bits per heavy atom. The molecule has 6 heterocycles. The van der Waals surface area contributed by atoms with Gasteiger partial charge in [-0.05, 0) is 56.9 Å². The number of hydrogen-bond donors (Lipinski definition) is 14. The molecule has 1 aromatic carbocycles. The largest absolute Gasteiger partial charge is 0.492 e. The lowest BCUT2D eigenvalue weighted by Gasteiger charge is -2.41. The Labute approximate surface area is 535 Å². The van der Waals surface area contributed by atoms with E-state index < -0.39 is 180 Å². The summed E-state index contributed by atoms with van der Waals surface area (Å²) < 4.78 is 16.5. The van der Waals surface area contributed by atoms with Crippen LogP contribution in [-0.2, 0) is 73.5 Å². The second-order valence-electron chi connectivity index (χ2n) is 22.1. The Kier molecular flexibility index (Phi) is 21.5. The zero-order chi connectivity index (χ0) is 68.6. The second-order valence-corrected chi connectivity index (χ2v) is 23.4. The van der Waals surface area contributed by atoms with Crippen molar-refractivity contribution in [2.24, 2.45) is 17.4 Å². The van der Waals surface area contributed by atoms with Gasteiger partial charge in [0.15, 0.2) is 28.6 Å². The van der Waals surface area contributed by atoms with Gasteiger partial charge in [-0.15, -0.1) is 11.8 Å². The molecule has 37 nitrogen and oxygen atoms in total. The van der Waals surface area contributed by atoms with Gasteiger partial charge in [0.2, 0.25) is 53.0 Å². The molecule has 38 heteroatoms. The number of aromatic nitrogens is 4. The number of benzene rings is 1. The third-order valence-corrected chi connectivity index (χ3v) is 17.4. The van der Waals surface area contributed by atoms with Crippen LogP contribution >= 0.6 is 11.8 Å². The highest BCUT2D eigenvalue weighted by Gasteiger charge is 2.77. The molecule has 1 unspecified atom stereocenters. The van der Waals surface area contributed by atoms with E-state index in [4.69, 9.17) is 36.8 Å². The first-order valence-corrected chi connectivity index (χ1v) is 30.1. The number of nitrogens with one attached hydrogen (secondary N) is 8. The number of nitrogen functional groups attached to an aromatic ring is 1. The van der Waals surface area contributed by atoms with Gasteiger partial charge in [0, 0.05) is 74.2 Å². The number of carboxylic acid groups (broad SMARTS) is 3. The number of carbonyl (C=O) groups is 13. The van der Waals surface area contributed by atoms with Gasteiger partial charge in [0.05, 0.1) is 54.9 Å². The fourth-order valence-corrected chi connectivity index (χ4v) is 12.9. The van der Waals surface area contributed by atoms with E-state index >= 15 is 0 Å². The molecule has 0 spiro atoms. The van der Waals surface area contributed by atoms with E-state index in [1.54, 1.807) is 4.90 Å². The molecule has 2 aromatic heterocycles. The highest BCUT2D eigenvalue weighted by Crippen LogP contribution is 2.60. The predicted octanol–water partition coefficient (Wildman–Crippen LogP) is -3.92. The molecule has 0 radical (unpaired) electrons. The minimum absolute atomic E-state index is 0.0156. The number of rotatable bonds is 32. The van der Waals surface area contributed by atoms with Crippen molar-refractivity contribution in [3.05, 3.63) is 74.7 Å². The number of imide groups is 1. The highest BCUT2D eigenvalue weighted by atomic mass is 32.2. The van der Waals surface area contributed by atoms with Gasteiger partial charge in [0.25, 0.3) is 11.5 Å². The lowest BCUT2D eigenvalue weighted by molar-refractivity contribution is -0.153. The first-order valence-electron chi connectivity index (χ1n) is 29.0. The second kappa shape index (κ2) is 29.2. The molecule has 94 heavy (non-hydrogen) atoms. The maximum atomic E-state index is 13.8. The van der Waals surface area contributed by atoms with Crippen LogP contribution in [0.5, 0.6) is 0 Å². The minimum Gasteiger partial charge on any atom is -0.492 e. The van der Waals surface area contributed by atoms with Crippen molar-refractivity contribution < 1.29 is 91.9 Å². The molecule has 0 saturated carbocycles. The van der Waals surface area contributed by atoms with Gasteiger partial charge >= 0.3 is 24.0 Å². The summed E-state index contributed by atoms with van der Waals surface area (Å²) >= 11 is 0.686. The number of aliphatic carboxylic acids is 3. The van der Waals surface area contributed by atoms with Crippen molar-refractivity contribution in [3.63, 3.8) is 0 Å². The molecule has 3 aromatic rings. The fraction of sp³-hybridized carbons (Fsp3) is 0.464. The van der Waals surface area contributed by atoms with Gasteiger partial charge in [-0.3, -0.25) is 68.0 Å². The predicted molar refractivity (Wildman–Crippen MR) is 323 cm³/mol. The van der Waals surface area contributed by atoms with Gasteiger partial charge in [0.1, 0.15) is 36.8 Å². The number of piperazine rings is 1. The van der Waals surface area contributed by atoms with Crippen molar-refractivity contribution in [2.75, 3.05) is 57.3 Å². The summed E-state index contributed by atoms with van der Waals surface area (Å²) in [7, 11) is 2.55. The van der Waals surface area contributed by atoms with Crippen LogP contribution in [0.25, 0.3) is 11.2 Å². The number of H-pyrrole nitrogens is 1. The van der Waals surface area contributed by atoms with Crippen molar-refractivity contribution >= 4 is 117 Å². The molecular formula is C56H67N17O20S. The van der Waals surface area contributed by atoms with E-state index in [-0.39, 0.29) is 97.1 Å². The van der Waals surface area contributed by atoms with E-state index in [2.05, 4.69) is 51.8 Å². The van der Waals surface area contributed by atoms with Crippen LogP contribution in [-0.4, -0.2) is 226 Å². The number of ether oxygens (including phenoxy) is 3. The first-order chi connectivity index (χ1) is 44.6. The summed E-state index contributed by atoms with van der Waals surface area (Å²) in [6.07, 6.45) is -2.85. The number of nitrogens with zero attached hydrogens (tertiary/aromatic N) is 6. The SMILES string of the molecule is COC1=C(C)C(=O)C2=C(C1=O)[C@H](COC(N)=O)[C@]1(OC)[C@H]3[C@@H](CN21)N3C(=O)CCCN1C(=O)CC(SC[C@@H](NC(=O)[C@@H](CC(=O)O)NC(=O)[C@@H](CCCNC(=N)N)NC(=O)CC[C@@H](NC(=O)c2ccc(NCc3cnc4nc(N)[nH]c(=O)c4n3)cc2)C(=O)O)C(=O)O)C1=O. The van der Waals surface area contributed by atoms with Crippen LogP contribution in [0, 0.1) is 11.3 Å². The number of thioether (sulfide) groups is 1. The van der Waals surface area contributed by atoms with E-state index in [1.807, 2.05) is 0 Å². The average Bonchev–Trinajstić information content (AvgIpc) is 1.49. The lowest BCUT2D eigenvalue weighted by Crippen LogP contribution is -2.56. The molecule has 3 fully saturated rings. The topological polar surface area (TPSA) is 565 Å². The number of carboxylic acids is 3. The number of carbonyl (C=O) groups excluding carboxylic acids is 10. The Bertz CT molecular complexity index is 3770. The van der Waals surface area contributed by atoms with Crippen molar-refractivity contribution in [3.8, 4) is 0 Å². The molecule has 3 saturated heterocycles. The Hall–Kier alpha value is -10.8. The van der Waals surface area contributed by atoms with E-state index in [0.29, 0.717) is 23.1 Å². The Balaban J connectivity index is 0.818. The van der Waals surface area contributed by atoms with Crippen LogP contribution in [0.4, 0.5) is 16.4 Å². The number of allylic oxidation sites excluding steroid dienone is 2. The maximum Gasteiger partial charge on any atom is 0.404 e. The number of nitrogens with two attached hydrogens (primary N) is 3. The molecule has 1 aliphatic carbocycles. The quantitative estimate of drug-likeness (QED) is 0.00709. The number of fused-ring (bicyclic) bond motifs is 5. The number of aromatic amines is 1. The van der Waals surface area contributed by atoms with Crippen molar-refractivity contribution in [1.82, 2.24) is 61.2 Å². The first kappa shape index (κ1) is 69.1. The molecule has 17 N–H and O–H groups in total. The summed E-state index contributed by atoms with van der Waals surface area (Å²) in [6, 6.07) is -2.52. The van der Waals surface area contributed by atoms with E-state index in [0.717, 1.165) is 4.90 Å². The molecule has 9 atom stereocenters. The van der Waals surface area contributed by atoms with Gasteiger partial charge in [-0.1, -0.05) is 0 Å². The number of likely N-dealkylation sites (tertiary alicyclic amines) is 1. The standard InChI is InChI=1S/C56H67N17O20S/c1-23-41(79)40-38(42(80)43(23)91-2)27(21-93-55(60)90)56(92-3)44-32(20-72(40)56)73(44)35(75)7-5-15-71-36(76)17-33(50(71)85)94-22-31(52(88)89)68-48(83)30(16-37(77)78)67-47(82)28(6-4-14-61-53(57)58)65-34(74)13-12-29(51(86)87)66-46(81)24-8-10-25(11-9-24)62-18-26-19-63-45-39(64-26)49(84)70-54(59)69-45/h8-11,19,27-33,44,62H,4-7,12-18,20-22H2,1-3H3,(H2,60,90)(H,65,74)(H,66,81)(H,67,82)(H,68,83)(H,77,78)(H,86,87)(H,88,89)(H4,57,58,61)(H3,59,63,69,70,84)/t27-,28+,29+,30+,31+,32+,33?,44+,56-,73?/m0/s1. The Morgan fingerprint density at radius 2 is 1.55 bits per heavy atom. The fourth-order valence-electron chi connectivity index (χ4n) is 11.7. The third-order valence-electron chi connectivity index (χ3n) is 16.2. The number of guanidine groups is 1. The summed E-state index contributed by atoms with van der Waals surface area (Å²) in [5.41, 5.74) is 15.1. The summed E-state index contributed by atoms with van der Waals surface area (Å²) in [5, 5.41) is 50.8. The monoisotopic (exact) mass is 1330 g/mol. The van der Waals surface area contributed by atoms with Crippen LogP contribution in [0.2, 0.25) is 0 Å². The summed E-state index contributed by atoms with van der Waals surface area (Å²) in [5.74, 6) is -14.4. The van der Waals surface area contributed by atoms with Crippen molar-refractivity contribution in [2.45, 2.75) is 112 Å². The average molecular weight is 1330 g/mol. The smallest absolute Gasteiger partial charge is 0.404 e. The maximum absolute atomic E-state index is 13.8. The van der Waals surface area contributed by atoms with Gasteiger partial charge in [-0.25, -0.2) is 24.4 Å². The van der Waals surface area contributed by atoms with Crippen LogP contribution in [0.1, 0.15) is 74.3 Å². The van der Waals surface area contributed by atoms with Crippen LogP contribution in [0.3, 0.4) is 0 Å². The van der Waals surface area contributed by atoms with Gasteiger partial charge < -0.3 is 88.4 Å². The number of primary amides is 1. The molecule has 8 amide bonds. The van der Waals surface area contributed by atoms with Crippen molar-refractivity contribution in [1.29, 1.82) is 5.41 Å². The molecule has 5 aliphatic rings. The summed E-state index contributed by atoms with van der Waals surface area (Å²) in [6.45, 7) is 0.851. The zero-order valence-electron chi connectivity index (χ0n) is 50.5. The lowest BCUT2D eigenvalue weighted by atomic mass is 9.83. The summed E-state index contributed by atoms with van der Waals surface area (Å²) in [4.78, 5) is 202. The van der Waals surface area contributed by atoms with Gasteiger partial charge in [-0.2, -0.15) is 4.98 Å². The number of amides is 8. The van der Waals surface area contributed by atoms with E-state index in [9.17, 15) is 82.4 Å².